The molecule has 0 amide bonds. The molecule has 0 fully saturated rings. The summed E-state index contributed by atoms with van der Waals surface area (Å²) >= 11 is 4.56. The zero-order valence-electron chi connectivity index (χ0n) is 8.03. The van der Waals surface area contributed by atoms with Crippen molar-refractivity contribution in [3.05, 3.63) is 60.4 Å². The molecule has 0 nitrogen and oxygen atoms in total. The molecule has 0 saturated heterocycles. The van der Waals surface area contributed by atoms with Crippen LogP contribution in [0.25, 0.3) is 11.1 Å². The average Bonchev–Trinajstić information content (AvgIpc) is 2.34. The van der Waals surface area contributed by atoms with Gasteiger partial charge in [-0.15, -0.1) is 11.2 Å². The largest absolute Gasteiger partial charge is 0.207 e. The predicted octanol–water partition coefficient (Wildman–Crippen LogP) is 4.51. The van der Waals surface area contributed by atoms with Gasteiger partial charge < -0.3 is 0 Å². The van der Waals surface area contributed by atoms with Crippen molar-refractivity contribution in [2.75, 3.05) is 0 Å². The van der Waals surface area contributed by atoms with Gasteiger partial charge in [0, 0.05) is 0 Å². The lowest BCUT2D eigenvalue weighted by Crippen LogP contribution is -1.77. The Labute approximate surface area is 96.1 Å². The van der Waals surface area contributed by atoms with Gasteiger partial charge in [-0.1, -0.05) is 42.5 Å². The molecular weight excluding hydrogens is 230 g/mol. The molecule has 0 spiro atoms. The van der Waals surface area contributed by atoms with Gasteiger partial charge in [0.1, 0.15) is 5.82 Å². The number of hydrogen-bond donors (Lipinski definition) is 0. The minimum Gasteiger partial charge on any atom is -0.207 e. The van der Waals surface area contributed by atoms with Crippen molar-refractivity contribution in [2.45, 2.75) is 0 Å². The molecule has 2 rings (SSSR count). The predicted molar refractivity (Wildman–Crippen MR) is 67.4 cm³/mol. The van der Waals surface area contributed by atoms with Crippen LogP contribution in [0.2, 0.25) is 0 Å². The van der Waals surface area contributed by atoms with Crippen LogP contribution in [0.1, 0.15) is 0 Å². The van der Waals surface area contributed by atoms with Crippen molar-refractivity contribution >= 4 is 19.8 Å². The fourth-order valence-electron chi connectivity index (χ4n) is 1.27. The van der Waals surface area contributed by atoms with Crippen LogP contribution in [0.5, 0.6) is 0 Å². The average molecular weight is 241 g/mol. The Hall–Kier alpha value is -0.910. The van der Waals surface area contributed by atoms with Gasteiger partial charge in [0.05, 0.1) is 0 Å². The highest BCUT2D eigenvalue weighted by Crippen LogP contribution is 2.18. The zero-order valence-corrected chi connectivity index (χ0v) is 9.94. The van der Waals surface area contributed by atoms with Crippen LogP contribution in [0, 0.1) is 5.82 Å². The normalized spacial score (nSPS) is 9.00. The number of halogens is 2. The first-order chi connectivity index (χ1) is 7.36. The summed E-state index contributed by atoms with van der Waals surface area (Å²) in [4.78, 5) is 0. The summed E-state index contributed by atoms with van der Waals surface area (Å²) in [5.41, 5.74) is 2.16. The summed E-state index contributed by atoms with van der Waals surface area (Å²) in [6.07, 6.45) is 0. The van der Waals surface area contributed by atoms with Gasteiger partial charge >= 0.3 is 0 Å². The van der Waals surface area contributed by atoms with Crippen LogP contribution in [0.15, 0.2) is 54.6 Å². The van der Waals surface area contributed by atoms with Gasteiger partial charge in [-0.2, -0.15) is 0 Å². The molecule has 0 N–H and O–H groups in total. The first kappa shape index (κ1) is 12.2. The summed E-state index contributed by atoms with van der Waals surface area (Å²) in [6.45, 7) is 0. The van der Waals surface area contributed by atoms with Crippen molar-refractivity contribution in [1.82, 2.24) is 0 Å². The summed E-state index contributed by atoms with van der Waals surface area (Å²) in [5.74, 6) is -0.195. The van der Waals surface area contributed by atoms with Gasteiger partial charge in [-0.05, 0) is 31.9 Å². The topological polar surface area (TPSA) is 0 Å². The van der Waals surface area contributed by atoms with E-state index in [9.17, 15) is 4.39 Å². The quantitative estimate of drug-likeness (QED) is 0.644. The lowest BCUT2D eigenvalue weighted by atomic mass is 10.1. The monoisotopic (exact) mass is 240 g/mol. The number of hydrogen-bond acceptors (Lipinski definition) is 0. The van der Waals surface area contributed by atoms with Crippen molar-refractivity contribution < 1.29 is 4.39 Å². The second-order valence-corrected chi connectivity index (χ2v) is 2.87. The van der Waals surface area contributed by atoms with Crippen molar-refractivity contribution in [3.63, 3.8) is 0 Å². The van der Waals surface area contributed by atoms with Crippen molar-refractivity contribution in [2.24, 2.45) is 0 Å². The SMILES string of the molecule is Fc1ccc(-c2ccccc2)cc1.PCl. The van der Waals surface area contributed by atoms with Gasteiger partial charge in [0.15, 0.2) is 0 Å². The maximum Gasteiger partial charge on any atom is 0.123 e. The van der Waals surface area contributed by atoms with Crippen LogP contribution in [-0.4, -0.2) is 0 Å². The zero-order chi connectivity index (χ0) is 11.1. The Balaban J connectivity index is 0.000000531. The molecule has 2 aromatic carbocycles. The molecule has 2 aromatic rings. The van der Waals surface area contributed by atoms with E-state index in [0.29, 0.717) is 0 Å². The first-order valence-electron chi connectivity index (χ1n) is 4.39. The Morgan fingerprint density at radius 2 is 1.20 bits per heavy atom. The third-order valence-electron chi connectivity index (χ3n) is 1.95. The summed E-state index contributed by atoms with van der Waals surface area (Å²) in [6, 6.07) is 16.4. The molecule has 0 saturated carbocycles. The van der Waals surface area contributed by atoms with Gasteiger partial charge in [0.2, 0.25) is 0 Å². The molecule has 15 heavy (non-hydrogen) atoms. The van der Waals surface area contributed by atoms with Crippen LogP contribution >= 0.6 is 19.8 Å². The molecule has 0 aromatic heterocycles. The van der Waals surface area contributed by atoms with Gasteiger partial charge in [-0.25, -0.2) is 4.39 Å². The summed E-state index contributed by atoms with van der Waals surface area (Å²) < 4.78 is 12.6. The highest BCUT2D eigenvalue weighted by Gasteiger charge is 1.95. The van der Waals surface area contributed by atoms with Crippen LogP contribution in [0.3, 0.4) is 0 Å². The van der Waals surface area contributed by atoms with Crippen molar-refractivity contribution in [1.29, 1.82) is 0 Å². The second-order valence-electron chi connectivity index (χ2n) is 2.87. The van der Waals surface area contributed by atoms with E-state index in [4.69, 9.17) is 0 Å². The lowest BCUT2D eigenvalue weighted by Gasteiger charge is -1.99. The molecule has 0 heterocycles. The van der Waals surface area contributed by atoms with E-state index < -0.39 is 0 Å². The molecule has 0 bridgehead atoms. The van der Waals surface area contributed by atoms with E-state index in [-0.39, 0.29) is 5.82 Å². The second kappa shape index (κ2) is 6.55. The highest BCUT2D eigenvalue weighted by molar-refractivity contribution is 7.52. The van der Waals surface area contributed by atoms with Gasteiger partial charge in [0.25, 0.3) is 0 Å². The number of benzene rings is 2. The fourth-order valence-corrected chi connectivity index (χ4v) is 1.27. The molecule has 3 heteroatoms. The first-order valence-corrected chi connectivity index (χ1v) is 6.13. The Kier molecular flexibility index (Phi) is 5.31. The molecule has 0 radical (unpaired) electrons. The molecular formula is C12H11ClFP. The molecule has 0 aliphatic rings. The van der Waals surface area contributed by atoms with E-state index in [0.717, 1.165) is 11.1 Å². The van der Waals surface area contributed by atoms with E-state index in [1.165, 1.54) is 12.1 Å². The van der Waals surface area contributed by atoms with Gasteiger partial charge in [-0.3, -0.25) is 0 Å². The minimum absolute atomic E-state index is 0.195. The third-order valence-corrected chi connectivity index (χ3v) is 1.95. The van der Waals surface area contributed by atoms with Crippen LogP contribution in [0.4, 0.5) is 4.39 Å². The Bertz CT molecular complexity index is 386. The Morgan fingerprint density at radius 1 is 0.733 bits per heavy atom. The Morgan fingerprint density at radius 3 is 1.73 bits per heavy atom. The van der Waals surface area contributed by atoms with E-state index in [1.54, 1.807) is 12.1 Å². The summed E-state index contributed by atoms with van der Waals surface area (Å²) in [5, 5.41) is 0. The highest BCUT2D eigenvalue weighted by atomic mass is 35.7. The van der Waals surface area contributed by atoms with Crippen molar-refractivity contribution in [3.8, 4) is 11.1 Å². The van der Waals surface area contributed by atoms with E-state index >= 15 is 0 Å². The molecule has 78 valence electrons. The molecule has 1 unspecified atom stereocenters. The standard InChI is InChI=1S/C12H9F.ClH2P/c13-12-8-6-11(7-9-12)10-4-2-1-3-5-10;1-2/h1-9H;2H2. The third kappa shape index (κ3) is 3.62. The summed E-state index contributed by atoms with van der Waals surface area (Å²) in [7, 11) is 1.89. The molecule has 1 atom stereocenters. The van der Waals surface area contributed by atoms with Crippen LogP contribution in [-0.2, 0) is 0 Å². The minimum atomic E-state index is -0.195. The maximum atomic E-state index is 12.6. The number of rotatable bonds is 1. The molecule has 0 aliphatic heterocycles. The van der Waals surface area contributed by atoms with E-state index in [1.807, 2.05) is 38.9 Å². The lowest BCUT2D eigenvalue weighted by molar-refractivity contribution is 0.628. The van der Waals surface area contributed by atoms with E-state index in [2.05, 4.69) is 11.2 Å². The van der Waals surface area contributed by atoms with Crippen LogP contribution < -0.4 is 0 Å². The maximum absolute atomic E-state index is 12.6. The fraction of sp³-hybridized carbons (Fsp3) is 0. The smallest absolute Gasteiger partial charge is 0.123 e. The molecule has 0 aliphatic carbocycles.